The van der Waals surface area contributed by atoms with Crippen molar-refractivity contribution in [3.8, 4) is 0 Å². The predicted molar refractivity (Wildman–Crippen MR) is 178 cm³/mol. The van der Waals surface area contributed by atoms with Crippen LogP contribution in [0.2, 0.25) is 0 Å². The molecule has 0 rings (SSSR count). The Kier molecular flexibility index (Phi) is 30.6. The molecule has 0 aliphatic heterocycles. The monoisotopic (exact) mass is 611 g/mol. The quantitative estimate of drug-likeness (QED) is 0.0428. The fourth-order valence-corrected chi connectivity index (χ4v) is 5.21. The minimum Gasteiger partial charge on any atom is -0.462 e. The van der Waals surface area contributed by atoms with Crippen LogP contribution in [0.5, 0.6) is 0 Å². The van der Waals surface area contributed by atoms with Crippen LogP contribution in [-0.4, -0.2) is 37.2 Å². The lowest BCUT2D eigenvalue weighted by Crippen LogP contribution is -2.30. The Balaban J connectivity index is 4.30. The molecule has 0 radical (unpaired) electrons. The van der Waals surface area contributed by atoms with Crippen molar-refractivity contribution in [3.05, 3.63) is 0 Å². The standard InChI is InChI=1S/C37H70O6/c1-5-7-9-11-12-13-14-17-21-25-29-36(39)42-32-34(31-41-35(38)28-24-19-10-8-6-2)43-37(40)30-26-22-18-15-16-20-23-27-33(3)4/h33-34H,5-32H2,1-4H3/t34-/m0/s1. The van der Waals surface area contributed by atoms with Gasteiger partial charge in [-0.2, -0.15) is 0 Å². The number of hydrogen-bond donors (Lipinski definition) is 0. The zero-order chi connectivity index (χ0) is 31.8. The van der Waals surface area contributed by atoms with Crippen molar-refractivity contribution >= 4 is 17.9 Å². The summed E-state index contributed by atoms with van der Waals surface area (Å²) in [7, 11) is 0. The summed E-state index contributed by atoms with van der Waals surface area (Å²) in [5.74, 6) is -0.107. The third kappa shape index (κ3) is 31.6. The first kappa shape index (κ1) is 41.4. The lowest BCUT2D eigenvalue weighted by atomic mass is 10.0. The molecule has 0 heterocycles. The Hall–Kier alpha value is -1.59. The highest BCUT2D eigenvalue weighted by atomic mass is 16.6. The molecule has 0 fully saturated rings. The summed E-state index contributed by atoms with van der Waals surface area (Å²) in [6.45, 7) is 8.81. The van der Waals surface area contributed by atoms with Crippen LogP contribution < -0.4 is 0 Å². The van der Waals surface area contributed by atoms with Crippen LogP contribution in [0.15, 0.2) is 0 Å². The lowest BCUT2D eigenvalue weighted by molar-refractivity contribution is -0.167. The summed E-state index contributed by atoms with van der Waals surface area (Å²) in [5.41, 5.74) is 0. The van der Waals surface area contributed by atoms with Crippen molar-refractivity contribution in [2.75, 3.05) is 13.2 Å². The highest BCUT2D eigenvalue weighted by Gasteiger charge is 2.19. The molecule has 43 heavy (non-hydrogen) atoms. The molecule has 0 saturated carbocycles. The van der Waals surface area contributed by atoms with Crippen molar-refractivity contribution in [1.29, 1.82) is 0 Å². The van der Waals surface area contributed by atoms with Crippen LogP contribution in [0.1, 0.15) is 195 Å². The van der Waals surface area contributed by atoms with Crippen LogP contribution in [0.4, 0.5) is 0 Å². The number of hydrogen-bond acceptors (Lipinski definition) is 6. The zero-order valence-electron chi connectivity index (χ0n) is 28.9. The van der Waals surface area contributed by atoms with Crippen molar-refractivity contribution in [2.24, 2.45) is 5.92 Å². The average molecular weight is 611 g/mol. The van der Waals surface area contributed by atoms with Gasteiger partial charge in [-0.3, -0.25) is 14.4 Å². The second-order valence-corrected chi connectivity index (χ2v) is 13.0. The average Bonchev–Trinajstić information content (AvgIpc) is 2.98. The lowest BCUT2D eigenvalue weighted by Gasteiger charge is -2.18. The van der Waals surface area contributed by atoms with E-state index in [0.29, 0.717) is 19.3 Å². The smallest absolute Gasteiger partial charge is 0.306 e. The topological polar surface area (TPSA) is 78.9 Å². The minimum atomic E-state index is -0.755. The van der Waals surface area contributed by atoms with Gasteiger partial charge in [-0.1, -0.05) is 156 Å². The molecular formula is C37H70O6. The second kappa shape index (κ2) is 31.8. The molecule has 0 aromatic rings. The zero-order valence-corrected chi connectivity index (χ0v) is 28.9. The first-order chi connectivity index (χ1) is 20.9. The van der Waals surface area contributed by atoms with E-state index in [0.717, 1.165) is 70.1 Å². The normalized spacial score (nSPS) is 11.9. The van der Waals surface area contributed by atoms with Crippen LogP contribution in [0.25, 0.3) is 0 Å². The van der Waals surface area contributed by atoms with E-state index in [4.69, 9.17) is 14.2 Å². The van der Waals surface area contributed by atoms with E-state index in [1.54, 1.807) is 0 Å². The van der Waals surface area contributed by atoms with E-state index < -0.39 is 6.10 Å². The first-order valence-electron chi connectivity index (χ1n) is 18.4. The molecule has 6 nitrogen and oxygen atoms in total. The summed E-state index contributed by atoms with van der Waals surface area (Å²) in [6, 6.07) is 0. The Labute approximate surface area is 266 Å². The molecule has 0 aromatic heterocycles. The summed E-state index contributed by atoms with van der Waals surface area (Å²) < 4.78 is 16.5. The molecule has 6 heteroatoms. The second-order valence-electron chi connectivity index (χ2n) is 13.0. The van der Waals surface area contributed by atoms with Crippen molar-refractivity contribution in [3.63, 3.8) is 0 Å². The molecule has 0 bridgehead atoms. The van der Waals surface area contributed by atoms with Crippen LogP contribution >= 0.6 is 0 Å². The van der Waals surface area contributed by atoms with E-state index in [1.165, 1.54) is 83.5 Å². The van der Waals surface area contributed by atoms with Crippen LogP contribution in [-0.2, 0) is 28.6 Å². The molecule has 0 aromatic carbocycles. The van der Waals surface area contributed by atoms with Gasteiger partial charge in [0.05, 0.1) is 0 Å². The maximum Gasteiger partial charge on any atom is 0.306 e. The molecular weight excluding hydrogens is 540 g/mol. The van der Waals surface area contributed by atoms with Crippen molar-refractivity contribution in [1.82, 2.24) is 0 Å². The molecule has 0 aliphatic carbocycles. The van der Waals surface area contributed by atoms with Crippen molar-refractivity contribution < 1.29 is 28.6 Å². The number of ether oxygens (including phenoxy) is 3. The van der Waals surface area contributed by atoms with Gasteiger partial charge in [0, 0.05) is 19.3 Å². The third-order valence-electron chi connectivity index (χ3n) is 8.04. The highest BCUT2D eigenvalue weighted by Crippen LogP contribution is 2.14. The van der Waals surface area contributed by atoms with Gasteiger partial charge < -0.3 is 14.2 Å². The van der Waals surface area contributed by atoms with Gasteiger partial charge >= 0.3 is 17.9 Å². The molecule has 0 saturated heterocycles. The summed E-state index contributed by atoms with van der Waals surface area (Å²) in [5, 5.41) is 0. The predicted octanol–water partition coefficient (Wildman–Crippen LogP) is 10.8. The SMILES string of the molecule is CCCCCCCCCCCCC(=O)OC[C@H](COC(=O)CCCCCCC)OC(=O)CCCCCCCCCC(C)C. The third-order valence-corrected chi connectivity index (χ3v) is 8.04. The molecule has 0 aliphatic rings. The Morgan fingerprint density at radius 2 is 0.767 bits per heavy atom. The van der Waals surface area contributed by atoms with E-state index in [2.05, 4.69) is 27.7 Å². The fourth-order valence-electron chi connectivity index (χ4n) is 5.21. The molecule has 1 atom stereocenters. The van der Waals surface area contributed by atoms with Crippen molar-refractivity contribution in [2.45, 2.75) is 201 Å². The Morgan fingerprint density at radius 3 is 1.14 bits per heavy atom. The largest absolute Gasteiger partial charge is 0.462 e. The maximum absolute atomic E-state index is 12.5. The number of unbranched alkanes of at least 4 members (excludes halogenated alkanes) is 19. The van der Waals surface area contributed by atoms with Gasteiger partial charge in [0.1, 0.15) is 13.2 Å². The number of esters is 3. The van der Waals surface area contributed by atoms with Gasteiger partial charge in [-0.05, 0) is 25.2 Å². The molecule has 254 valence electrons. The van der Waals surface area contributed by atoms with Gasteiger partial charge in [-0.15, -0.1) is 0 Å². The van der Waals surface area contributed by atoms with Gasteiger partial charge in [-0.25, -0.2) is 0 Å². The molecule has 0 unspecified atom stereocenters. The Morgan fingerprint density at radius 1 is 0.442 bits per heavy atom. The summed E-state index contributed by atoms with van der Waals surface area (Å²) in [6.07, 6.45) is 26.9. The van der Waals surface area contributed by atoms with Gasteiger partial charge in [0.15, 0.2) is 6.10 Å². The van der Waals surface area contributed by atoms with E-state index in [9.17, 15) is 14.4 Å². The van der Waals surface area contributed by atoms with E-state index in [1.807, 2.05) is 0 Å². The molecule has 0 amide bonds. The maximum atomic E-state index is 12.5. The highest BCUT2D eigenvalue weighted by molar-refractivity contribution is 5.71. The van der Waals surface area contributed by atoms with Gasteiger partial charge in [0.25, 0.3) is 0 Å². The number of rotatable bonds is 32. The first-order valence-corrected chi connectivity index (χ1v) is 18.4. The number of carbonyl (C=O) groups excluding carboxylic acids is 3. The van der Waals surface area contributed by atoms with E-state index in [-0.39, 0.29) is 31.1 Å². The van der Waals surface area contributed by atoms with E-state index >= 15 is 0 Å². The van der Waals surface area contributed by atoms with Crippen LogP contribution in [0, 0.1) is 5.92 Å². The summed E-state index contributed by atoms with van der Waals surface area (Å²) in [4.78, 5) is 37.1. The minimum absolute atomic E-state index is 0.0670. The van der Waals surface area contributed by atoms with Gasteiger partial charge in [0.2, 0.25) is 0 Å². The van der Waals surface area contributed by atoms with Crippen LogP contribution in [0.3, 0.4) is 0 Å². The Bertz CT molecular complexity index is 647. The molecule has 0 spiro atoms. The summed E-state index contributed by atoms with van der Waals surface area (Å²) >= 11 is 0. The number of carbonyl (C=O) groups is 3. The fraction of sp³-hybridized carbons (Fsp3) is 0.919. The molecule has 0 N–H and O–H groups in total.